The van der Waals surface area contributed by atoms with Crippen molar-refractivity contribution in [3.8, 4) is 56.2 Å². The van der Waals surface area contributed by atoms with E-state index in [0.29, 0.717) is 5.82 Å². The molecule has 0 saturated carbocycles. The second kappa shape index (κ2) is 12.5. The van der Waals surface area contributed by atoms with E-state index in [0.717, 1.165) is 33.5 Å². The number of nitrogens with zero attached hydrogens (tertiary/aromatic N) is 2. The van der Waals surface area contributed by atoms with Crippen molar-refractivity contribution in [1.82, 2.24) is 9.97 Å². The summed E-state index contributed by atoms with van der Waals surface area (Å²) in [7, 11) is 0. The van der Waals surface area contributed by atoms with E-state index in [4.69, 9.17) is 9.97 Å². The maximum absolute atomic E-state index is 5.22. The summed E-state index contributed by atoms with van der Waals surface area (Å²) in [6, 6.07) is 69.3. The van der Waals surface area contributed by atoms with Gasteiger partial charge in [-0.2, -0.15) is 0 Å². The third-order valence-corrected chi connectivity index (χ3v) is 10.3. The summed E-state index contributed by atoms with van der Waals surface area (Å²) < 4.78 is 0. The van der Waals surface area contributed by atoms with E-state index in [-0.39, 0.29) is 0 Å². The van der Waals surface area contributed by atoms with Crippen LogP contribution in [-0.4, -0.2) is 9.97 Å². The minimum atomic E-state index is 0.713. The molecule has 0 aliphatic rings. The van der Waals surface area contributed by atoms with Gasteiger partial charge in [-0.15, -0.1) is 0 Å². The molecular weight excluding hydrogens is 629 g/mol. The van der Waals surface area contributed by atoms with Gasteiger partial charge in [0, 0.05) is 16.7 Å². The van der Waals surface area contributed by atoms with Crippen LogP contribution in [0.2, 0.25) is 0 Å². The molecule has 0 saturated heterocycles. The fourth-order valence-corrected chi connectivity index (χ4v) is 7.94. The molecule has 0 amide bonds. The Kier molecular flexibility index (Phi) is 7.18. The Morgan fingerprint density at radius 1 is 0.288 bits per heavy atom. The average Bonchev–Trinajstić information content (AvgIpc) is 3.23. The first kappa shape index (κ1) is 30.0. The molecule has 0 aliphatic heterocycles. The van der Waals surface area contributed by atoms with Crippen molar-refractivity contribution < 1.29 is 0 Å². The third kappa shape index (κ3) is 4.96. The first-order valence-corrected chi connectivity index (χ1v) is 17.8. The van der Waals surface area contributed by atoms with Gasteiger partial charge in [0.25, 0.3) is 0 Å². The van der Waals surface area contributed by atoms with Crippen LogP contribution in [0.3, 0.4) is 0 Å². The molecule has 0 bridgehead atoms. The largest absolute Gasteiger partial charge is 0.228 e. The molecule has 0 atom stereocenters. The summed E-state index contributed by atoms with van der Waals surface area (Å²) in [5, 5.41) is 9.85. The molecule has 52 heavy (non-hydrogen) atoms. The summed E-state index contributed by atoms with van der Waals surface area (Å²) in [6.45, 7) is 0. The minimum Gasteiger partial charge on any atom is -0.228 e. The van der Waals surface area contributed by atoms with Crippen molar-refractivity contribution in [2.75, 3.05) is 0 Å². The van der Waals surface area contributed by atoms with Crippen LogP contribution in [0.25, 0.3) is 99.2 Å². The number of rotatable bonds is 5. The molecular formula is C50H32N2. The van der Waals surface area contributed by atoms with E-state index in [1.165, 1.54) is 60.0 Å². The zero-order chi connectivity index (χ0) is 34.4. The SMILES string of the molecule is c1ccc(-c2cc(-c3ccc(-c4c5ccccc5c(-c5ccccc5)c5c4ccc4ccccc45)c4ccccc34)nc(-c3ccccc3)n2)cc1. The Bertz CT molecular complexity index is 2880. The van der Waals surface area contributed by atoms with Gasteiger partial charge in [0.1, 0.15) is 0 Å². The molecule has 1 aromatic heterocycles. The Labute approximate surface area is 302 Å². The maximum atomic E-state index is 5.22. The molecule has 0 aliphatic carbocycles. The Balaban J connectivity index is 1.28. The van der Waals surface area contributed by atoms with Crippen LogP contribution in [-0.2, 0) is 0 Å². The zero-order valence-corrected chi connectivity index (χ0v) is 28.4. The van der Waals surface area contributed by atoms with E-state index in [1.807, 2.05) is 24.3 Å². The van der Waals surface area contributed by atoms with Crippen molar-refractivity contribution in [2.24, 2.45) is 0 Å². The third-order valence-electron chi connectivity index (χ3n) is 10.3. The van der Waals surface area contributed by atoms with Crippen molar-refractivity contribution in [3.05, 3.63) is 194 Å². The molecule has 0 radical (unpaired) electrons. The van der Waals surface area contributed by atoms with Crippen molar-refractivity contribution in [1.29, 1.82) is 0 Å². The van der Waals surface area contributed by atoms with E-state index in [1.54, 1.807) is 0 Å². The molecule has 10 rings (SSSR count). The minimum absolute atomic E-state index is 0.713. The van der Waals surface area contributed by atoms with Gasteiger partial charge in [0.05, 0.1) is 11.4 Å². The highest BCUT2D eigenvalue weighted by atomic mass is 14.9. The number of hydrogen-bond donors (Lipinski definition) is 0. The van der Waals surface area contributed by atoms with E-state index < -0.39 is 0 Å². The molecule has 242 valence electrons. The Morgan fingerprint density at radius 3 is 1.48 bits per heavy atom. The van der Waals surface area contributed by atoms with Gasteiger partial charge < -0.3 is 0 Å². The van der Waals surface area contributed by atoms with Gasteiger partial charge in [0.15, 0.2) is 5.82 Å². The van der Waals surface area contributed by atoms with Crippen LogP contribution in [0, 0.1) is 0 Å². The highest BCUT2D eigenvalue weighted by Gasteiger charge is 2.21. The van der Waals surface area contributed by atoms with Gasteiger partial charge >= 0.3 is 0 Å². The molecule has 0 fully saturated rings. The monoisotopic (exact) mass is 660 g/mol. The summed E-state index contributed by atoms with van der Waals surface area (Å²) in [4.78, 5) is 10.3. The van der Waals surface area contributed by atoms with Gasteiger partial charge in [-0.25, -0.2) is 9.97 Å². The molecule has 10 aromatic rings. The van der Waals surface area contributed by atoms with Crippen molar-refractivity contribution in [2.45, 2.75) is 0 Å². The quantitative estimate of drug-likeness (QED) is 0.136. The van der Waals surface area contributed by atoms with Gasteiger partial charge in [0.2, 0.25) is 0 Å². The lowest BCUT2D eigenvalue weighted by Crippen LogP contribution is -1.97. The number of fused-ring (bicyclic) bond motifs is 5. The zero-order valence-electron chi connectivity index (χ0n) is 28.4. The van der Waals surface area contributed by atoms with Crippen LogP contribution < -0.4 is 0 Å². The lowest BCUT2D eigenvalue weighted by atomic mass is 9.82. The fourth-order valence-electron chi connectivity index (χ4n) is 7.94. The fraction of sp³-hybridized carbons (Fsp3) is 0. The Morgan fingerprint density at radius 2 is 0.788 bits per heavy atom. The number of aromatic nitrogens is 2. The van der Waals surface area contributed by atoms with Crippen LogP contribution >= 0.6 is 0 Å². The van der Waals surface area contributed by atoms with Gasteiger partial charge in [-0.05, 0) is 71.4 Å². The topological polar surface area (TPSA) is 25.8 Å². The molecule has 9 aromatic carbocycles. The normalized spacial score (nSPS) is 11.5. The summed E-state index contributed by atoms with van der Waals surface area (Å²) in [5.74, 6) is 0.713. The predicted octanol–water partition coefficient (Wildman–Crippen LogP) is 13.4. The van der Waals surface area contributed by atoms with Crippen molar-refractivity contribution >= 4 is 43.1 Å². The van der Waals surface area contributed by atoms with Gasteiger partial charge in [-0.1, -0.05) is 188 Å². The van der Waals surface area contributed by atoms with E-state index >= 15 is 0 Å². The highest BCUT2D eigenvalue weighted by Crippen LogP contribution is 2.48. The van der Waals surface area contributed by atoms with Crippen LogP contribution in [0.15, 0.2) is 194 Å². The molecule has 0 unspecified atom stereocenters. The summed E-state index contributed by atoms with van der Waals surface area (Å²) >= 11 is 0. The average molecular weight is 661 g/mol. The standard InChI is InChI=1S/C50H32N2/c1-4-17-34(18-5-1)45-32-46(52-50(51-45)36-21-8-3-9-22-36)40-30-31-43(39-25-13-12-24-38(39)40)48-42-27-15-14-26-41(42)47(35-19-6-2-7-20-35)49-37-23-11-10-16-33(37)28-29-44(48)49/h1-32H. The second-order valence-electron chi connectivity index (χ2n) is 13.3. The first-order chi connectivity index (χ1) is 25.8. The number of hydrogen-bond acceptors (Lipinski definition) is 2. The molecule has 0 spiro atoms. The molecule has 0 N–H and O–H groups in total. The van der Waals surface area contributed by atoms with E-state index in [9.17, 15) is 0 Å². The lowest BCUT2D eigenvalue weighted by molar-refractivity contribution is 1.18. The highest BCUT2D eigenvalue weighted by molar-refractivity contribution is 6.29. The predicted molar refractivity (Wildman–Crippen MR) is 219 cm³/mol. The molecule has 2 heteroatoms. The van der Waals surface area contributed by atoms with Crippen LogP contribution in [0.1, 0.15) is 0 Å². The maximum Gasteiger partial charge on any atom is 0.160 e. The smallest absolute Gasteiger partial charge is 0.160 e. The second-order valence-corrected chi connectivity index (χ2v) is 13.3. The molecule has 2 nitrogen and oxygen atoms in total. The summed E-state index contributed by atoms with van der Waals surface area (Å²) in [6.07, 6.45) is 0. The molecule has 1 heterocycles. The lowest BCUT2D eigenvalue weighted by Gasteiger charge is -2.21. The van der Waals surface area contributed by atoms with Gasteiger partial charge in [-0.3, -0.25) is 0 Å². The van der Waals surface area contributed by atoms with E-state index in [2.05, 4.69) is 170 Å². The first-order valence-electron chi connectivity index (χ1n) is 17.8. The van der Waals surface area contributed by atoms with Crippen LogP contribution in [0.4, 0.5) is 0 Å². The Hall–Kier alpha value is -6.90. The van der Waals surface area contributed by atoms with Crippen LogP contribution in [0.5, 0.6) is 0 Å². The summed E-state index contributed by atoms with van der Waals surface area (Å²) in [5.41, 5.74) is 9.88. The number of benzene rings is 9. The van der Waals surface area contributed by atoms with Crippen molar-refractivity contribution in [3.63, 3.8) is 0 Å².